The molecule has 0 aliphatic rings. The number of nitrogens with one attached hydrogen (secondary N) is 1. The lowest BCUT2D eigenvalue weighted by Gasteiger charge is -2.07. The molecule has 1 N–H and O–H groups in total. The summed E-state index contributed by atoms with van der Waals surface area (Å²) in [5, 5.41) is 7.07. The number of hydrogen-bond acceptors (Lipinski definition) is 3. The average Bonchev–Trinajstić information content (AvgIpc) is 2.66. The molecule has 1 aromatic carbocycles. The van der Waals surface area contributed by atoms with Crippen molar-refractivity contribution < 1.29 is 4.79 Å². The average molecular weight is 289 g/mol. The molecular weight excluding hydrogens is 270 g/mol. The van der Waals surface area contributed by atoms with Crippen LogP contribution in [0.1, 0.15) is 16.8 Å². The first kappa shape index (κ1) is 14.7. The summed E-state index contributed by atoms with van der Waals surface area (Å²) in [6.45, 7) is 6.04. The Hall–Kier alpha value is -1.75. The standard InChI is InChI=1S/C15H19N3OS/c1-10-5-6-13(11(2)7-10)20-9-15(19)16-14-8-12(3)17-18(14)4/h5-8H,9H2,1-4H3,(H,16,19). The van der Waals surface area contributed by atoms with Gasteiger partial charge in [0, 0.05) is 18.0 Å². The number of amides is 1. The molecule has 0 fully saturated rings. The van der Waals surface area contributed by atoms with Crippen molar-refractivity contribution in [3.8, 4) is 0 Å². The minimum Gasteiger partial charge on any atom is -0.310 e. The highest BCUT2D eigenvalue weighted by Crippen LogP contribution is 2.23. The number of carbonyl (C=O) groups excluding carboxylic acids is 1. The minimum atomic E-state index is -0.0158. The maximum Gasteiger partial charge on any atom is 0.235 e. The zero-order valence-electron chi connectivity index (χ0n) is 12.2. The minimum absolute atomic E-state index is 0.0158. The van der Waals surface area contributed by atoms with Gasteiger partial charge in [0.1, 0.15) is 5.82 Å². The van der Waals surface area contributed by atoms with Crippen molar-refractivity contribution in [2.75, 3.05) is 11.1 Å². The molecular formula is C15H19N3OS. The normalized spacial score (nSPS) is 10.6. The predicted molar refractivity (Wildman–Crippen MR) is 83.2 cm³/mol. The molecule has 0 unspecified atom stereocenters. The first-order chi connectivity index (χ1) is 9.45. The van der Waals surface area contributed by atoms with E-state index < -0.39 is 0 Å². The van der Waals surface area contributed by atoms with Crippen LogP contribution < -0.4 is 5.32 Å². The number of nitrogens with zero attached hydrogens (tertiary/aromatic N) is 2. The Bertz CT molecular complexity index is 634. The number of aromatic nitrogens is 2. The Morgan fingerprint density at radius 2 is 2.05 bits per heavy atom. The van der Waals surface area contributed by atoms with E-state index in [0.717, 1.165) is 16.4 Å². The van der Waals surface area contributed by atoms with Gasteiger partial charge in [-0.15, -0.1) is 11.8 Å². The predicted octanol–water partition coefficient (Wildman–Crippen LogP) is 3.08. The lowest BCUT2D eigenvalue weighted by Crippen LogP contribution is -2.16. The first-order valence-corrected chi connectivity index (χ1v) is 7.45. The summed E-state index contributed by atoms with van der Waals surface area (Å²) < 4.78 is 1.68. The molecule has 0 radical (unpaired) electrons. The summed E-state index contributed by atoms with van der Waals surface area (Å²) in [7, 11) is 1.82. The van der Waals surface area contributed by atoms with Gasteiger partial charge in [-0.2, -0.15) is 5.10 Å². The number of thioether (sulfide) groups is 1. The number of hydrogen-bond donors (Lipinski definition) is 1. The fraction of sp³-hybridized carbons (Fsp3) is 0.333. The van der Waals surface area contributed by atoms with Gasteiger partial charge < -0.3 is 5.32 Å². The lowest BCUT2D eigenvalue weighted by atomic mass is 10.2. The molecule has 2 aromatic rings. The highest BCUT2D eigenvalue weighted by molar-refractivity contribution is 8.00. The van der Waals surface area contributed by atoms with Crippen LogP contribution in [-0.2, 0) is 11.8 Å². The largest absolute Gasteiger partial charge is 0.310 e. The second-order valence-corrected chi connectivity index (χ2v) is 5.92. The Morgan fingerprint density at radius 1 is 1.30 bits per heavy atom. The van der Waals surface area contributed by atoms with E-state index in [1.807, 2.05) is 20.0 Å². The molecule has 0 spiro atoms. The molecule has 0 aliphatic heterocycles. The highest BCUT2D eigenvalue weighted by Gasteiger charge is 2.08. The van der Waals surface area contributed by atoms with Crippen LogP contribution in [0.15, 0.2) is 29.2 Å². The Balaban J connectivity index is 1.94. The quantitative estimate of drug-likeness (QED) is 0.880. The van der Waals surface area contributed by atoms with Gasteiger partial charge in [0.25, 0.3) is 0 Å². The van der Waals surface area contributed by atoms with Gasteiger partial charge in [0.15, 0.2) is 0 Å². The van der Waals surface area contributed by atoms with Crippen LogP contribution >= 0.6 is 11.8 Å². The van der Waals surface area contributed by atoms with Crippen LogP contribution in [0.5, 0.6) is 0 Å². The zero-order valence-corrected chi connectivity index (χ0v) is 13.0. The van der Waals surface area contributed by atoms with E-state index in [-0.39, 0.29) is 5.91 Å². The molecule has 0 bridgehead atoms. The molecule has 1 aromatic heterocycles. The molecule has 1 amide bonds. The summed E-state index contributed by atoms with van der Waals surface area (Å²) in [6.07, 6.45) is 0. The summed E-state index contributed by atoms with van der Waals surface area (Å²) in [4.78, 5) is 13.1. The molecule has 1 heterocycles. The number of benzene rings is 1. The summed E-state index contributed by atoms with van der Waals surface area (Å²) in [6, 6.07) is 8.12. The van der Waals surface area contributed by atoms with Gasteiger partial charge in [0.2, 0.25) is 5.91 Å². The third-order valence-electron chi connectivity index (χ3n) is 2.96. The van der Waals surface area contributed by atoms with Gasteiger partial charge in [-0.1, -0.05) is 17.7 Å². The number of aryl methyl sites for hydroxylation is 4. The van der Waals surface area contributed by atoms with Crippen molar-refractivity contribution in [1.29, 1.82) is 0 Å². The van der Waals surface area contributed by atoms with Crippen molar-refractivity contribution >= 4 is 23.5 Å². The third kappa shape index (κ3) is 3.63. The van der Waals surface area contributed by atoms with E-state index in [0.29, 0.717) is 5.75 Å². The molecule has 0 saturated heterocycles. The smallest absolute Gasteiger partial charge is 0.235 e. The summed E-state index contributed by atoms with van der Waals surface area (Å²) in [5.74, 6) is 1.11. The first-order valence-electron chi connectivity index (χ1n) is 6.46. The fourth-order valence-electron chi connectivity index (χ4n) is 2.01. The van der Waals surface area contributed by atoms with Crippen LogP contribution in [0.3, 0.4) is 0 Å². The summed E-state index contributed by atoms with van der Waals surface area (Å²) in [5.41, 5.74) is 3.34. The zero-order chi connectivity index (χ0) is 14.7. The number of carbonyl (C=O) groups is 1. The molecule has 0 aliphatic carbocycles. The van der Waals surface area contributed by atoms with E-state index in [1.54, 1.807) is 16.4 Å². The van der Waals surface area contributed by atoms with E-state index >= 15 is 0 Å². The summed E-state index contributed by atoms with van der Waals surface area (Å²) >= 11 is 1.55. The topological polar surface area (TPSA) is 46.9 Å². The van der Waals surface area contributed by atoms with Crippen LogP contribution in [0, 0.1) is 20.8 Å². The molecule has 106 valence electrons. The lowest BCUT2D eigenvalue weighted by molar-refractivity contribution is -0.113. The Kier molecular flexibility index (Phi) is 4.49. The van der Waals surface area contributed by atoms with E-state index in [2.05, 4.69) is 42.5 Å². The molecule has 4 nitrogen and oxygen atoms in total. The third-order valence-corrected chi connectivity index (χ3v) is 4.13. The van der Waals surface area contributed by atoms with E-state index in [4.69, 9.17) is 0 Å². The maximum atomic E-state index is 12.0. The van der Waals surface area contributed by atoms with E-state index in [9.17, 15) is 4.79 Å². The van der Waals surface area contributed by atoms with Crippen LogP contribution in [-0.4, -0.2) is 21.4 Å². The van der Waals surface area contributed by atoms with Crippen molar-refractivity contribution in [2.45, 2.75) is 25.7 Å². The van der Waals surface area contributed by atoms with Crippen LogP contribution in [0.2, 0.25) is 0 Å². The SMILES string of the molecule is Cc1ccc(SCC(=O)Nc2cc(C)nn2C)c(C)c1. The molecule has 5 heteroatoms. The van der Waals surface area contributed by atoms with Crippen LogP contribution in [0.25, 0.3) is 0 Å². The molecule has 2 rings (SSSR count). The number of anilines is 1. The highest BCUT2D eigenvalue weighted by atomic mass is 32.2. The van der Waals surface area contributed by atoms with Crippen molar-refractivity contribution in [1.82, 2.24) is 9.78 Å². The second-order valence-electron chi connectivity index (χ2n) is 4.90. The Morgan fingerprint density at radius 3 is 2.65 bits per heavy atom. The van der Waals surface area contributed by atoms with Gasteiger partial charge >= 0.3 is 0 Å². The number of rotatable bonds is 4. The second kappa shape index (κ2) is 6.13. The fourth-order valence-corrected chi connectivity index (χ4v) is 2.82. The van der Waals surface area contributed by atoms with Gasteiger partial charge in [-0.25, -0.2) is 0 Å². The molecule has 0 saturated carbocycles. The van der Waals surface area contributed by atoms with Gasteiger partial charge in [-0.05, 0) is 32.4 Å². The van der Waals surface area contributed by atoms with Crippen molar-refractivity contribution in [3.05, 3.63) is 41.1 Å². The van der Waals surface area contributed by atoms with Crippen molar-refractivity contribution in [2.24, 2.45) is 7.05 Å². The van der Waals surface area contributed by atoms with Crippen molar-refractivity contribution in [3.63, 3.8) is 0 Å². The molecule has 0 atom stereocenters. The Labute approximate surface area is 123 Å². The van der Waals surface area contributed by atoms with Gasteiger partial charge in [-0.3, -0.25) is 9.48 Å². The monoisotopic (exact) mass is 289 g/mol. The maximum absolute atomic E-state index is 12.0. The molecule has 20 heavy (non-hydrogen) atoms. The van der Waals surface area contributed by atoms with E-state index in [1.165, 1.54) is 11.1 Å². The van der Waals surface area contributed by atoms with Crippen LogP contribution in [0.4, 0.5) is 5.82 Å². The van der Waals surface area contributed by atoms with Gasteiger partial charge in [0.05, 0.1) is 11.4 Å².